The SMILES string of the molecule is CC(C)C1(O)CN(C(=O)C2CCCNC2)C1. The van der Waals surface area contributed by atoms with Crippen LogP contribution in [0, 0.1) is 11.8 Å². The molecule has 92 valence electrons. The topological polar surface area (TPSA) is 52.6 Å². The summed E-state index contributed by atoms with van der Waals surface area (Å²) in [4.78, 5) is 13.9. The second-order valence-electron chi connectivity index (χ2n) is 5.50. The van der Waals surface area contributed by atoms with Crippen molar-refractivity contribution in [1.82, 2.24) is 10.2 Å². The third-order valence-corrected chi connectivity index (χ3v) is 3.96. The number of rotatable bonds is 2. The van der Waals surface area contributed by atoms with Gasteiger partial charge in [-0.3, -0.25) is 4.79 Å². The third kappa shape index (κ3) is 2.09. The van der Waals surface area contributed by atoms with Gasteiger partial charge in [-0.1, -0.05) is 13.8 Å². The minimum atomic E-state index is -0.641. The molecule has 16 heavy (non-hydrogen) atoms. The van der Waals surface area contributed by atoms with Gasteiger partial charge in [-0.05, 0) is 25.3 Å². The maximum Gasteiger partial charge on any atom is 0.227 e. The van der Waals surface area contributed by atoms with Crippen molar-refractivity contribution in [2.45, 2.75) is 32.3 Å². The number of piperidine rings is 1. The van der Waals surface area contributed by atoms with Crippen molar-refractivity contribution in [3.05, 3.63) is 0 Å². The summed E-state index contributed by atoms with van der Waals surface area (Å²) in [6, 6.07) is 0. The Bertz CT molecular complexity index is 266. The fourth-order valence-electron chi connectivity index (χ4n) is 2.46. The Morgan fingerprint density at radius 3 is 2.69 bits per heavy atom. The lowest BCUT2D eigenvalue weighted by molar-refractivity contribution is -0.168. The molecule has 2 fully saturated rings. The van der Waals surface area contributed by atoms with Crippen molar-refractivity contribution in [3.63, 3.8) is 0 Å². The zero-order valence-electron chi connectivity index (χ0n) is 10.2. The first-order valence-corrected chi connectivity index (χ1v) is 6.25. The lowest BCUT2D eigenvalue weighted by Gasteiger charge is -2.50. The summed E-state index contributed by atoms with van der Waals surface area (Å²) in [6.07, 6.45) is 2.07. The van der Waals surface area contributed by atoms with Crippen LogP contribution in [0.1, 0.15) is 26.7 Å². The summed E-state index contributed by atoms with van der Waals surface area (Å²) in [5.41, 5.74) is -0.641. The molecule has 0 spiro atoms. The van der Waals surface area contributed by atoms with Crippen molar-refractivity contribution < 1.29 is 9.90 Å². The van der Waals surface area contributed by atoms with Crippen LogP contribution in [-0.2, 0) is 4.79 Å². The number of aliphatic hydroxyl groups is 1. The van der Waals surface area contributed by atoms with E-state index in [-0.39, 0.29) is 17.7 Å². The average molecular weight is 226 g/mol. The highest BCUT2D eigenvalue weighted by Gasteiger charge is 2.46. The van der Waals surface area contributed by atoms with Crippen LogP contribution >= 0.6 is 0 Å². The molecular weight excluding hydrogens is 204 g/mol. The molecule has 2 saturated heterocycles. The molecule has 0 aromatic carbocycles. The van der Waals surface area contributed by atoms with Crippen LogP contribution < -0.4 is 5.32 Å². The molecule has 4 nitrogen and oxygen atoms in total. The summed E-state index contributed by atoms with van der Waals surface area (Å²) in [7, 11) is 0. The predicted molar refractivity (Wildman–Crippen MR) is 62.0 cm³/mol. The van der Waals surface area contributed by atoms with E-state index < -0.39 is 5.60 Å². The predicted octanol–water partition coefficient (Wildman–Crippen LogP) is 0.215. The minimum absolute atomic E-state index is 0.130. The van der Waals surface area contributed by atoms with Gasteiger partial charge in [0.05, 0.1) is 19.0 Å². The molecule has 0 aromatic rings. The van der Waals surface area contributed by atoms with Crippen molar-refractivity contribution >= 4 is 5.91 Å². The summed E-state index contributed by atoms with van der Waals surface area (Å²) >= 11 is 0. The maximum atomic E-state index is 12.1. The molecule has 2 aliphatic rings. The second-order valence-corrected chi connectivity index (χ2v) is 5.50. The van der Waals surface area contributed by atoms with Gasteiger partial charge in [0, 0.05) is 6.54 Å². The largest absolute Gasteiger partial charge is 0.386 e. The smallest absolute Gasteiger partial charge is 0.227 e. The van der Waals surface area contributed by atoms with Gasteiger partial charge < -0.3 is 15.3 Å². The van der Waals surface area contributed by atoms with E-state index in [1.165, 1.54) is 0 Å². The minimum Gasteiger partial charge on any atom is -0.386 e. The number of carbonyl (C=O) groups excluding carboxylic acids is 1. The Balaban J connectivity index is 1.84. The Hall–Kier alpha value is -0.610. The molecule has 4 heteroatoms. The quantitative estimate of drug-likeness (QED) is 0.708. The molecule has 1 atom stereocenters. The van der Waals surface area contributed by atoms with Crippen LogP contribution in [0.3, 0.4) is 0 Å². The molecule has 2 aliphatic heterocycles. The van der Waals surface area contributed by atoms with E-state index in [0.717, 1.165) is 25.9 Å². The van der Waals surface area contributed by atoms with Gasteiger partial charge in [-0.2, -0.15) is 0 Å². The van der Waals surface area contributed by atoms with Gasteiger partial charge in [0.15, 0.2) is 0 Å². The number of carbonyl (C=O) groups is 1. The molecule has 0 bridgehead atoms. The van der Waals surface area contributed by atoms with Gasteiger partial charge >= 0.3 is 0 Å². The van der Waals surface area contributed by atoms with E-state index in [4.69, 9.17) is 0 Å². The molecule has 0 aromatic heterocycles. The van der Waals surface area contributed by atoms with Gasteiger partial charge in [-0.25, -0.2) is 0 Å². The zero-order chi connectivity index (χ0) is 11.8. The van der Waals surface area contributed by atoms with E-state index in [1.54, 1.807) is 4.90 Å². The van der Waals surface area contributed by atoms with Crippen molar-refractivity contribution in [2.24, 2.45) is 11.8 Å². The molecular formula is C12H22N2O2. The van der Waals surface area contributed by atoms with E-state index in [9.17, 15) is 9.90 Å². The van der Waals surface area contributed by atoms with Crippen LogP contribution in [0.15, 0.2) is 0 Å². The highest BCUT2D eigenvalue weighted by atomic mass is 16.3. The van der Waals surface area contributed by atoms with Crippen molar-refractivity contribution in [1.29, 1.82) is 0 Å². The molecule has 2 heterocycles. The zero-order valence-corrected chi connectivity index (χ0v) is 10.2. The summed E-state index contributed by atoms with van der Waals surface area (Å²) in [5, 5.41) is 13.3. The molecule has 2 N–H and O–H groups in total. The van der Waals surface area contributed by atoms with E-state index in [1.807, 2.05) is 13.8 Å². The highest BCUT2D eigenvalue weighted by Crippen LogP contribution is 2.30. The van der Waals surface area contributed by atoms with Crippen LogP contribution in [0.2, 0.25) is 0 Å². The Morgan fingerprint density at radius 2 is 2.19 bits per heavy atom. The van der Waals surface area contributed by atoms with Crippen LogP contribution in [0.5, 0.6) is 0 Å². The number of hydrogen-bond donors (Lipinski definition) is 2. The molecule has 0 aliphatic carbocycles. The number of hydrogen-bond acceptors (Lipinski definition) is 3. The summed E-state index contributed by atoms with van der Waals surface area (Å²) in [5.74, 6) is 0.573. The Morgan fingerprint density at radius 1 is 1.50 bits per heavy atom. The maximum absolute atomic E-state index is 12.1. The fraction of sp³-hybridized carbons (Fsp3) is 0.917. The number of nitrogens with one attached hydrogen (secondary N) is 1. The van der Waals surface area contributed by atoms with Crippen LogP contribution in [0.4, 0.5) is 0 Å². The first kappa shape index (κ1) is 11.9. The molecule has 1 amide bonds. The normalized spacial score (nSPS) is 29.0. The number of β-amino-alcohol motifs (C(OH)–C–C–N with tert-alkyl or cyclic N) is 1. The second kappa shape index (κ2) is 4.34. The van der Waals surface area contributed by atoms with Crippen LogP contribution in [-0.4, -0.2) is 47.7 Å². The first-order valence-electron chi connectivity index (χ1n) is 6.25. The van der Waals surface area contributed by atoms with E-state index in [0.29, 0.717) is 13.1 Å². The van der Waals surface area contributed by atoms with Gasteiger partial charge in [0.1, 0.15) is 5.60 Å². The van der Waals surface area contributed by atoms with Gasteiger partial charge in [0.25, 0.3) is 0 Å². The van der Waals surface area contributed by atoms with E-state index >= 15 is 0 Å². The Kier molecular flexibility index (Phi) is 3.22. The highest BCUT2D eigenvalue weighted by molar-refractivity contribution is 5.80. The standard InChI is InChI=1S/C12H22N2O2/c1-9(2)12(16)7-14(8-12)11(15)10-4-3-5-13-6-10/h9-10,13,16H,3-8H2,1-2H3. The summed E-state index contributed by atoms with van der Waals surface area (Å²) < 4.78 is 0. The van der Waals surface area contributed by atoms with Crippen molar-refractivity contribution in [3.8, 4) is 0 Å². The lowest BCUT2D eigenvalue weighted by atomic mass is 9.82. The number of amides is 1. The van der Waals surface area contributed by atoms with Gasteiger partial charge in [0.2, 0.25) is 5.91 Å². The molecule has 0 radical (unpaired) electrons. The third-order valence-electron chi connectivity index (χ3n) is 3.96. The number of likely N-dealkylation sites (tertiary alicyclic amines) is 1. The monoisotopic (exact) mass is 226 g/mol. The number of nitrogens with zero attached hydrogens (tertiary/aromatic N) is 1. The molecule has 1 unspecified atom stereocenters. The molecule has 0 saturated carbocycles. The van der Waals surface area contributed by atoms with E-state index in [2.05, 4.69) is 5.32 Å². The average Bonchev–Trinajstić information content (AvgIpc) is 2.25. The first-order chi connectivity index (χ1) is 7.53. The lowest BCUT2D eigenvalue weighted by Crippen LogP contribution is -2.67. The molecule has 2 rings (SSSR count). The van der Waals surface area contributed by atoms with Gasteiger partial charge in [-0.15, -0.1) is 0 Å². The summed E-state index contributed by atoms with van der Waals surface area (Å²) in [6.45, 7) is 6.86. The Labute approximate surface area is 97.0 Å². The van der Waals surface area contributed by atoms with Crippen molar-refractivity contribution in [2.75, 3.05) is 26.2 Å². The van der Waals surface area contributed by atoms with Crippen LogP contribution in [0.25, 0.3) is 0 Å². The fourth-order valence-corrected chi connectivity index (χ4v) is 2.46.